The van der Waals surface area contributed by atoms with Crippen molar-refractivity contribution in [3.05, 3.63) is 261 Å². The summed E-state index contributed by atoms with van der Waals surface area (Å²) in [4.78, 5) is 44.6. The summed E-state index contributed by atoms with van der Waals surface area (Å²) in [5.41, 5.74) is 23.1. The van der Waals surface area contributed by atoms with Crippen molar-refractivity contribution in [3.63, 3.8) is 0 Å². The molecular weight excluding hydrogens is 1750 g/mol. The Labute approximate surface area is 686 Å². The Balaban J connectivity index is 1.12. The second-order valence-electron chi connectivity index (χ2n) is 27.7. The molecule has 2 aliphatic rings. The molecule has 15 rings (SSSR count). The molecular formula is C94H94N8O2Se6. The fraction of sp³-hybridized carbons (Fsp3) is 0.277. The van der Waals surface area contributed by atoms with Crippen molar-refractivity contribution in [2.45, 2.75) is 152 Å². The van der Waals surface area contributed by atoms with Gasteiger partial charge in [-0.15, -0.1) is 0 Å². The van der Waals surface area contributed by atoms with Gasteiger partial charge in [0.1, 0.15) is 0 Å². The molecule has 558 valence electrons. The molecule has 13 aromatic rings. The van der Waals surface area contributed by atoms with Gasteiger partial charge in [0.2, 0.25) is 0 Å². The molecule has 10 nitrogen and oxygen atoms in total. The second kappa shape index (κ2) is 36.8. The number of hydrogen-bond donors (Lipinski definition) is 2. The summed E-state index contributed by atoms with van der Waals surface area (Å²) in [6.45, 7) is 19.7. The number of nitrogens with one attached hydrogen (secondary N) is 2. The monoisotopic (exact) mass is 1850 g/mol. The molecule has 0 unspecified atom stereocenters. The van der Waals surface area contributed by atoms with Gasteiger partial charge < -0.3 is 0 Å². The molecule has 0 aliphatic carbocycles. The number of ether oxygens (including phenoxy) is 2. The molecule has 2 N–H and O–H groups in total. The van der Waals surface area contributed by atoms with E-state index >= 15 is 0 Å². The molecule has 10 aromatic carbocycles. The van der Waals surface area contributed by atoms with Crippen LogP contribution in [0.5, 0.6) is 11.5 Å². The van der Waals surface area contributed by atoms with E-state index in [1.54, 1.807) is 0 Å². The number of fused-ring (bicyclic) bond motifs is 20. The van der Waals surface area contributed by atoms with Gasteiger partial charge in [-0.05, 0) is 0 Å². The summed E-state index contributed by atoms with van der Waals surface area (Å²) < 4.78 is 22.7. The van der Waals surface area contributed by atoms with E-state index in [0.717, 1.165) is 163 Å². The molecule has 3 aromatic heterocycles. The van der Waals surface area contributed by atoms with Crippen molar-refractivity contribution >= 4 is 161 Å². The van der Waals surface area contributed by atoms with Gasteiger partial charge in [0.05, 0.1) is 0 Å². The van der Waals surface area contributed by atoms with E-state index in [-0.39, 0.29) is 89.7 Å². The predicted octanol–water partition coefficient (Wildman–Crippen LogP) is 15.8. The molecule has 0 radical (unpaired) electrons. The molecule has 0 spiro atoms. The molecule has 0 amide bonds. The number of unbranched alkanes of at least 4 members (excludes halogenated alkanes) is 2. The zero-order valence-corrected chi connectivity index (χ0v) is 74.4. The zero-order chi connectivity index (χ0) is 75.5. The van der Waals surface area contributed by atoms with Crippen molar-refractivity contribution < 1.29 is 9.47 Å². The molecule has 8 bridgehead atoms. The van der Waals surface area contributed by atoms with Gasteiger partial charge in [-0.1, -0.05) is 26.7 Å². The van der Waals surface area contributed by atoms with Gasteiger partial charge >= 0.3 is 666 Å². The van der Waals surface area contributed by atoms with E-state index in [1.807, 2.05) is 0 Å². The normalized spacial score (nSPS) is 11.8. The molecule has 16 heteroatoms. The third kappa shape index (κ3) is 16.6. The Morgan fingerprint density at radius 1 is 0.273 bits per heavy atom. The van der Waals surface area contributed by atoms with Gasteiger partial charge in [-0.2, -0.15) is 0 Å². The minimum absolute atomic E-state index is 0.0669. The Hall–Kier alpha value is -7.72. The van der Waals surface area contributed by atoms with E-state index in [0.29, 0.717) is 48.0 Å². The molecule has 0 fully saturated rings. The Kier molecular flexibility index (Phi) is 26.0. The number of benzene rings is 10. The van der Waals surface area contributed by atoms with Gasteiger partial charge in [0.15, 0.2) is 0 Å². The third-order valence-corrected chi connectivity index (χ3v) is 37.8. The Morgan fingerprint density at radius 2 is 0.500 bits per heavy atom. The van der Waals surface area contributed by atoms with Gasteiger partial charge in [0.25, 0.3) is 0 Å². The van der Waals surface area contributed by atoms with Crippen molar-refractivity contribution in [2.75, 3.05) is 13.2 Å². The third-order valence-electron chi connectivity index (χ3n) is 20.5. The summed E-state index contributed by atoms with van der Waals surface area (Å²) >= 11 is 0.408. The van der Waals surface area contributed by atoms with Crippen molar-refractivity contribution in [1.82, 2.24) is 39.9 Å². The van der Waals surface area contributed by atoms with E-state index in [2.05, 4.69) is 259 Å². The Bertz CT molecular complexity index is 5270. The van der Waals surface area contributed by atoms with Crippen LogP contribution in [-0.4, -0.2) is 143 Å². The number of rotatable bonds is 32. The summed E-state index contributed by atoms with van der Waals surface area (Å²) in [7, 11) is 0. The van der Waals surface area contributed by atoms with Crippen LogP contribution in [0.2, 0.25) is 0 Å². The van der Waals surface area contributed by atoms with E-state index in [4.69, 9.17) is 39.4 Å². The predicted molar refractivity (Wildman–Crippen MR) is 466 cm³/mol. The number of hydrogen-bond acceptors (Lipinski definition) is 8. The SMILES string of the molecule is CCCCOc1cc2c(cc1OCCCC)-c1nc-2nc2[nH]c(nc3nc(nc4[nH]c(n1)c1c(CC)c([Se]Cc5ccccc5)c([Se]Cc5ccccc5)c(CC)c41)-c1c(CC)c([Se]Cc4ccccc4)c([Se]Cc4ccccc4)c(CC)c1-3)c1c(CC)c([Se]Cc3ccccc3)c([Se]Cc3ccccc3)c(CC)c21. The number of aromatic amines is 2. The molecule has 2 aliphatic heterocycles. The minimum atomic E-state index is 0.0669. The molecule has 110 heavy (non-hydrogen) atoms. The van der Waals surface area contributed by atoms with Crippen molar-refractivity contribution in [3.8, 4) is 57.1 Å². The Morgan fingerprint density at radius 3 is 0.736 bits per heavy atom. The van der Waals surface area contributed by atoms with E-state index in [9.17, 15) is 0 Å². The van der Waals surface area contributed by atoms with Crippen LogP contribution in [0, 0.1) is 0 Å². The maximum absolute atomic E-state index is 6.84. The first-order valence-electron chi connectivity index (χ1n) is 39.1. The number of H-pyrrole nitrogens is 2. The van der Waals surface area contributed by atoms with Crippen LogP contribution in [0.15, 0.2) is 194 Å². The van der Waals surface area contributed by atoms with Gasteiger partial charge in [-0.3, -0.25) is 0 Å². The van der Waals surface area contributed by atoms with Crippen LogP contribution in [0.25, 0.3) is 89.7 Å². The van der Waals surface area contributed by atoms with Crippen LogP contribution in [-0.2, 0) is 70.4 Å². The number of aromatic nitrogens is 8. The van der Waals surface area contributed by atoms with E-state index in [1.165, 1.54) is 93.5 Å². The van der Waals surface area contributed by atoms with Crippen LogP contribution in [0.3, 0.4) is 0 Å². The summed E-state index contributed by atoms with van der Waals surface area (Å²) in [6.07, 6.45) is 8.64. The van der Waals surface area contributed by atoms with Crippen LogP contribution in [0.4, 0.5) is 0 Å². The van der Waals surface area contributed by atoms with E-state index < -0.39 is 0 Å². The standard InChI is InChI=1S/C94H94N8O2Se6/c1-9-17-49-103-73-51-71-72(52-74(73)104-50-18-10-2)88-95-87(71)96-89-75-65(11-3)81(105-53-59-37-25-19-26-38-59)83(107-55-61-41-29-21-30-42-61)67(13-5)77(75)91(98-89)100-93-79-69(15-7)85(109-57-63-45-33-23-34-46-63)86(110-58-64-47-35-24-36-48-64)70(16-8)80(79)94(102-93)101-92-78-68(14-6)84(108-56-62-43-31-22-32-44-62)82(106-54-60-39-27-20-28-40-60)66(12-4)76(78)90(97-88)99-92/h19-48,51-52H,9-18,49-50,53-58H2,1-8H3,(H2,95,96,97,98,99,100,101,102). The van der Waals surface area contributed by atoms with Gasteiger partial charge in [-0.25, -0.2) is 0 Å². The summed E-state index contributed by atoms with van der Waals surface area (Å²) in [5, 5.41) is 10.3. The maximum atomic E-state index is 6.84. The second-order valence-corrected chi connectivity index (χ2v) is 40.1. The van der Waals surface area contributed by atoms with Crippen LogP contribution >= 0.6 is 0 Å². The topological polar surface area (TPSA) is 127 Å². The zero-order valence-electron chi connectivity index (χ0n) is 64.2. The fourth-order valence-corrected chi connectivity index (χ4v) is 33.8. The average Bonchev–Trinajstić information content (AvgIpc) is 1.51. The molecule has 0 saturated carbocycles. The van der Waals surface area contributed by atoms with Crippen LogP contribution < -0.4 is 36.2 Å². The first-order valence-corrected chi connectivity index (χ1v) is 51.6. The van der Waals surface area contributed by atoms with Crippen molar-refractivity contribution in [2.24, 2.45) is 0 Å². The van der Waals surface area contributed by atoms with Crippen molar-refractivity contribution in [1.29, 1.82) is 0 Å². The quantitative estimate of drug-likeness (QED) is 0.0315. The first kappa shape index (κ1) is 77.6. The average molecular weight is 1840 g/mol. The first-order chi connectivity index (χ1) is 54.2. The molecule has 0 atom stereocenters. The number of aryl methyl sites for hydroxylation is 4. The molecule has 5 heterocycles. The van der Waals surface area contributed by atoms with Crippen LogP contribution in [0.1, 0.15) is 148 Å². The van der Waals surface area contributed by atoms with Gasteiger partial charge in [0, 0.05) is 0 Å². The molecule has 0 saturated heterocycles. The summed E-state index contributed by atoms with van der Waals surface area (Å²) in [6, 6.07) is 71.1. The number of nitrogens with zero attached hydrogens (tertiary/aromatic N) is 6. The summed E-state index contributed by atoms with van der Waals surface area (Å²) in [5.74, 6) is 3.91. The fourth-order valence-electron chi connectivity index (χ4n) is 15.1.